The second-order valence-electron chi connectivity index (χ2n) is 10.1. The van der Waals surface area contributed by atoms with Crippen molar-refractivity contribution in [2.75, 3.05) is 0 Å². The highest BCUT2D eigenvalue weighted by atomic mass is 127. The number of esters is 1. The van der Waals surface area contributed by atoms with Crippen LogP contribution in [0, 0.1) is 15.2 Å². The van der Waals surface area contributed by atoms with Gasteiger partial charge in [0.2, 0.25) is 0 Å². The number of benzene rings is 3. The van der Waals surface area contributed by atoms with Gasteiger partial charge in [-0.15, -0.1) is 0 Å². The van der Waals surface area contributed by atoms with Gasteiger partial charge in [0.05, 0.1) is 15.4 Å². The molecule has 0 heterocycles. The summed E-state index contributed by atoms with van der Waals surface area (Å²) < 4.78 is 42.1. The fourth-order valence-electron chi connectivity index (χ4n) is 3.96. The maximum Gasteiger partial charge on any atom is 0.331 e. The topological polar surface area (TPSA) is 47.9 Å². The molecule has 3 aromatic carbocycles. The lowest BCUT2D eigenvalue weighted by atomic mass is 9.96. The number of halogens is 3. The molecule has 0 radical (unpaired) electrons. The first kappa shape index (κ1) is 27.2. The molecule has 1 aliphatic rings. The SMILES string of the molecule is CC(C)(C)OC(=O)[C@H](Cc1cc(F)c(I)c(OC2CCC2)c1F)N=C(c1ccccc1)c1ccccc1. The Morgan fingerprint density at radius 3 is 2.08 bits per heavy atom. The van der Waals surface area contributed by atoms with Crippen LogP contribution < -0.4 is 4.74 Å². The summed E-state index contributed by atoms with van der Waals surface area (Å²) in [5.74, 6) is -1.97. The highest BCUT2D eigenvalue weighted by Crippen LogP contribution is 2.35. The van der Waals surface area contributed by atoms with Crippen LogP contribution >= 0.6 is 22.6 Å². The molecule has 7 heteroatoms. The van der Waals surface area contributed by atoms with Crippen molar-refractivity contribution in [2.45, 2.75) is 64.2 Å². The van der Waals surface area contributed by atoms with Gasteiger partial charge in [-0.2, -0.15) is 0 Å². The van der Waals surface area contributed by atoms with Gasteiger partial charge in [-0.1, -0.05) is 60.7 Å². The van der Waals surface area contributed by atoms with Gasteiger partial charge in [0.15, 0.2) is 17.6 Å². The quantitative estimate of drug-likeness (QED) is 0.116. The Morgan fingerprint density at radius 2 is 1.59 bits per heavy atom. The van der Waals surface area contributed by atoms with Gasteiger partial charge >= 0.3 is 5.97 Å². The third kappa shape index (κ3) is 6.94. The predicted molar refractivity (Wildman–Crippen MR) is 149 cm³/mol. The van der Waals surface area contributed by atoms with E-state index in [1.807, 2.05) is 60.7 Å². The number of ether oxygens (including phenoxy) is 2. The first-order valence-corrected chi connectivity index (χ1v) is 13.4. The lowest BCUT2D eigenvalue weighted by Gasteiger charge is -2.28. The van der Waals surface area contributed by atoms with Crippen molar-refractivity contribution in [3.8, 4) is 5.75 Å². The van der Waals surface area contributed by atoms with Crippen LogP contribution in [-0.4, -0.2) is 29.4 Å². The van der Waals surface area contributed by atoms with E-state index in [1.165, 1.54) is 0 Å². The number of carbonyl (C=O) groups excluding carboxylic acids is 1. The number of hydrogen-bond donors (Lipinski definition) is 0. The van der Waals surface area contributed by atoms with E-state index >= 15 is 4.39 Å². The van der Waals surface area contributed by atoms with Gasteiger partial charge in [0.25, 0.3) is 0 Å². The Balaban J connectivity index is 1.79. The largest absolute Gasteiger partial charge is 0.486 e. The molecule has 0 bridgehead atoms. The minimum absolute atomic E-state index is 0.0207. The summed E-state index contributed by atoms with van der Waals surface area (Å²) in [6.07, 6.45) is 2.31. The van der Waals surface area contributed by atoms with Crippen LogP contribution in [-0.2, 0) is 16.0 Å². The molecule has 4 rings (SSSR count). The lowest BCUT2D eigenvalue weighted by molar-refractivity contribution is -0.156. The summed E-state index contributed by atoms with van der Waals surface area (Å²) in [7, 11) is 0. The number of hydrogen-bond acceptors (Lipinski definition) is 4. The average Bonchev–Trinajstić information content (AvgIpc) is 2.83. The first-order chi connectivity index (χ1) is 17.6. The second kappa shape index (κ2) is 11.7. The molecule has 0 saturated heterocycles. The van der Waals surface area contributed by atoms with Gasteiger partial charge in [0.1, 0.15) is 11.4 Å². The monoisotopic (exact) mass is 617 g/mol. The first-order valence-electron chi connectivity index (χ1n) is 12.4. The summed E-state index contributed by atoms with van der Waals surface area (Å²) in [5.41, 5.74) is 1.40. The summed E-state index contributed by atoms with van der Waals surface area (Å²) in [5, 5.41) is 0. The summed E-state index contributed by atoms with van der Waals surface area (Å²) >= 11 is 1.76. The van der Waals surface area contributed by atoms with Crippen LogP contribution in [0.25, 0.3) is 0 Å². The highest BCUT2D eigenvalue weighted by molar-refractivity contribution is 14.1. The van der Waals surface area contributed by atoms with E-state index in [2.05, 4.69) is 0 Å². The zero-order valence-corrected chi connectivity index (χ0v) is 23.3. The molecular formula is C30H30F2INO3. The van der Waals surface area contributed by atoms with Crippen molar-refractivity contribution in [2.24, 2.45) is 4.99 Å². The van der Waals surface area contributed by atoms with Crippen molar-refractivity contribution in [3.05, 3.63) is 98.6 Å². The van der Waals surface area contributed by atoms with Gasteiger partial charge in [-0.25, -0.2) is 13.6 Å². The van der Waals surface area contributed by atoms with E-state index in [9.17, 15) is 9.18 Å². The standard InChI is InChI=1S/C30H30F2INO3/c1-30(2,3)37-29(35)24(34-27(19-11-6-4-7-12-19)20-13-8-5-9-14-20)18-21-17-23(31)26(33)28(25(21)32)36-22-15-10-16-22/h4-9,11-14,17,22,24H,10,15-16,18H2,1-3H3/t24-/m0/s1. The van der Waals surface area contributed by atoms with Crippen molar-refractivity contribution in [1.82, 2.24) is 0 Å². The molecule has 4 nitrogen and oxygen atoms in total. The Morgan fingerprint density at radius 1 is 1.03 bits per heavy atom. The van der Waals surface area contributed by atoms with Gasteiger partial charge in [0, 0.05) is 17.5 Å². The third-order valence-electron chi connectivity index (χ3n) is 6.00. The maximum atomic E-state index is 15.7. The van der Waals surface area contributed by atoms with Crippen LogP contribution in [0.2, 0.25) is 0 Å². The summed E-state index contributed by atoms with van der Waals surface area (Å²) in [6, 6.07) is 18.9. The van der Waals surface area contributed by atoms with Gasteiger partial charge in [-0.3, -0.25) is 4.99 Å². The fraction of sp³-hybridized carbons (Fsp3) is 0.333. The van der Waals surface area contributed by atoms with Crippen molar-refractivity contribution < 1.29 is 23.0 Å². The Bertz CT molecular complexity index is 1230. The molecular weight excluding hydrogens is 587 g/mol. The fourth-order valence-corrected chi connectivity index (χ4v) is 4.48. The van der Waals surface area contributed by atoms with Crippen LogP contribution in [0.1, 0.15) is 56.7 Å². The molecule has 0 unspecified atom stereocenters. The zero-order chi connectivity index (χ0) is 26.6. The highest BCUT2D eigenvalue weighted by Gasteiger charge is 2.30. The van der Waals surface area contributed by atoms with Crippen LogP contribution in [0.3, 0.4) is 0 Å². The third-order valence-corrected chi connectivity index (χ3v) is 7.00. The molecule has 0 amide bonds. The van der Waals surface area contributed by atoms with E-state index in [4.69, 9.17) is 14.5 Å². The van der Waals surface area contributed by atoms with Crippen molar-refractivity contribution >= 4 is 34.3 Å². The summed E-state index contributed by atoms with van der Waals surface area (Å²) in [4.78, 5) is 18.2. The number of carbonyl (C=O) groups is 1. The molecule has 1 fully saturated rings. The lowest BCUT2D eigenvalue weighted by Crippen LogP contribution is -2.33. The van der Waals surface area contributed by atoms with Crippen LogP contribution in [0.5, 0.6) is 5.75 Å². The molecule has 37 heavy (non-hydrogen) atoms. The second-order valence-corrected chi connectivity index (χ2v) is 11.2. The van der Waals surface area contributed by atoms with E-state index in [0.717, 1.165) is 36.5 Å². The van der Waals surface area contributed by atoms with Crippen molar-refractivity contribution in [1.29, 1.82) is 0 Å². The minimum atomic E-state index is -1.11. The minimum Gasteiger partial charge on any atom is -0.486 e. The molecule has 0 N–H and O–H groups in total. The Labute approximate surface area is 230 Å². The predicted octanol–water partition coefficient (Wildman–Crippen LogP) is 7.29. The molecule has 0 aliphatic heterocycles. The molecule has 0 aromatic heterocycles. The van der Waals surface area contributed by atoms with E-state index in [-0.39, 0.29) is 27.4 Å². The molecule has 194 valence electrons. The van der Waals surface area contributed by atoms with Gasteiger partial charge < -0.3 is 9.47 Å². The zero-order valence-electron chi connectivity index (χ0n) is 21.1. The van der Waals surface area contributed by atoms with E-state index < -0.39 is 29.2 Å². The van der Waals surface area contributed by atoms with Crippen molar-refractivity contribution in [3.63, 3.8) is 0 Å². The number of aliphatic imine (C=N–C) groups is 1. The van der Waals surface area contributed by atoms with E-state index in [1.54, 1.807) is 43.4 Å². The molecule has 1 saturated carbocycles. The Kier molecular flexibility index (Phi) is 8.62. The summed E-state index contributed by atoms with van der Waals surface area (Å²) in [6.45, 7) is 5.28. The Hall–Kier alpha value is -2.81. The molecule has 1 aliphatic carbocycles. The normalized spacial score (nSPS) is 14.4. The maximum absolute atomic E-state index is 15.7. The number of nitrogens with zero attached hydrogens (tertiary/aromatic N) is 1. The molecule has 3 aromatic rings. The molecule has 1 atom stereocenters. The van der Waals surface area contributed by atoms with Crippen LogP contribution in [0.15, 0.2) is 71.7 Å². The molecule has 0 spiro atoms. The average molecular weight is 617 g/mol. The van der Waals surface area contributed by atoms with Gasteiger partial charge in [-0.05, 0) is 74.3 Å². The number of rotatable bonds is 8. The smallest absolute Gasteiger partial charge is 0.331 e. The van der Waals surface area contributed by atoms with Crippen LogP contribution in [0.4, 0.5) is 8.78 Å². The van der Waals surface area contributed by atoms with E-state index in [0.29, 0.717) is 5.71 Å².